The zero-order valence-electron chi connectivity index (χ0n) is 10.7. The van der Waals surface area contributed by atoms with E-state index >= 15 is 0 Å². The summed E-state index contributed by atoms with van der Waals surface area (Å²) in [5, 5.41) is 19.1. The molecule has 0 saturated carbocycles. The van der Waals surface area contributed by atoms with Crippen molar-refractivity contribution in [2.45, 2.75) is 31.8 Å². The van der Waals surface area contributed by atoms with E-state index in [1.165, 1.54) is 5.56 Å². The Kier molecular flexibility index (Phi) is 5.17. The van der Waals surface area contributed by atoms with Crippen molar-refractivity contribution in [1.29, 1.82) is 0 Å². The lowest BCUT2D eigenvalue weighted by atomic mass is 9.91. The molecule has 2 atom stereocenters. The number of benzene rings is 1. The lowest BCUT2D eigenvalue weighted by Gasteiger charge is -2.21. The molecule has 2 unspecified atom stereocenters. The van der Waals surface area contributed by atoms with E-state index in [9.17, 15) is 5.11 Å². The highest BCUT2D eigenvalue weighted by molar-refractivity contribution is 5.30. The highest BCUT2D eigenvalue weighted by Crippen LogP contribution is 2.34. The highest BCUT2D eigenvalue weighted by Gasteiger charge is 2.25. The van der Waals surface area contributed by atoms with E-state index < -0.39 is 0 Å². The van der Waals surface area contributed by atoms with Gasteiger partial charge >= 0.3 is 0 Å². The second-order valence-corrected chi connectivity index (χ2v) is 4.92. The fourth-order valence-electron chi connectivity index (χ4n) is 2.72. The lowest BCUT2D eigenvalue weighted by Crippen LogP contribution is -2.15. The molecule has 0 aliphatic heterocycles. The minimum absolute atomic E-state index is 0.0655. The zero-order chi connectivity index (χ0) is 12.8. The molecule has 0 saturated heterocycles. The third-order valence-corrected chi connectivity index (χ3v) is 3.71. The van der Waals surface area contributed by atoms with Crippen molar-refractivity contribution < 1.29 is 14.9 Å². The predicted molar refractivity (Wildman–Crippen MR) is 70.4 cm³/mol. The molecule has 0 spiro atoms. The Morgan fingerprint density at radius 1 is 1.22 bits per heavy atom. The summed E-state index contributed by atoms with van der Waals surface area (Å²) in [7, 11) is 0. The Balaban J connectivity index is 1.97. The number of fused-ring (bicyclic) bond motifs is 1. The summed E-state index contributed by atoms with van der Waals surface area (Å²) >= 11 is 0. The first-order chi connectivity index (χ1) is 8.83. The monoisotopic (exact) mass is 250 g/mol. The summed E-state index contributed by atoms with van der Waals surface area (Å²) in [6, 6.07) is 8.18. The average molecular weight is 250 g/mol. The van der Waals surface area contributed by atoms with Crippen LogP contribution < -0.4 is 0 Å². The number of aliphatic hydroxyl groups is 2. The number of hydrogen-bond acceptors (Lipinski definition) is 3. The van der Waals surface area contributed by atoms with Gasteiger partial charge in [-0.1, -0.05) is 24.3 Å². The summed E-state index contributed by atoms with van der Waals surface area (Å²) in [5.74, 6) is 0.271. The molecule has 0 fully saturated rings. The van der Waals surface area contributed by atoms with Crippen LogP contribution in [0.5, 0.6) is 0 Å². The maximum Gasteiger partial charge on any atom is 0.0821 e. The van der Waals surface area contributed by atoms with E-state index in [0.29, 0.717) is 13.2 Å². The van der Waals surface area contributed by atoms with Crippen LogP contribution in [0.25, 0.3) is 0 Å². The van der Waals surface area contributed by atoms with Crippen molar-refractivity contribution in [1.82, 2.24) is 0 Å². The SMILES string of the molecule is OCCOCCC1CCCc2ccccc2C1O. The molecular weight excluding hydrogens is 228 g/mol. The molecule has 2 N–H and O–H groups in total. The van der Waals surface area contributed by atoms with Gasteiger partial charge in [-0.05, 0) is 42.7 Å². The van der Waals surface area contributed by atoms with Gasteiger partial charge in [0.25, 0.3) is 0 Å². The third-order valence-electron chi connectivity index (χ3n) is 3.71. The Hall–Kier alpha value is -0.900. The minimum Gasteiger partial charge on any atom is -0.394 e. The Labute approximate surface area is 108 Å². The number of aryl methyl sites for hydroxylation is 1. The van der Waals surface area contributed by atoms with Crippen LogP contribution in [-0.4, -0.2) is 30.0 Å². The molecule has 0 heterocycles. The van der Waals surface area contributed by atoms with Crippen molar-refractivity contribution in [3.8, 4) is 0 Å². The molecule has 1 aliphatic rings. The van der Waals surface area contributed by atoms with Gasteiger partial charge in [-0.2, -0.15) is 0 Å². The van der Waals surface area contributed by atoms with Crippen LogP contribution in [0.3, 0.4) is 0 Å². The van der Waals surface area contributed by atoms with Gasteiger partial charge in [0, 0.05) is 6.61 Å². The topological polar surface area (TPSA) is 49.7 Å². The number of ether oxygens (including phenoxy) is 1. The van der Waals surface area contributed by atoms with Crippen molar-refractivity contribution in [2.24, 2.45) is 5.92 Å². The van der Waals surface area contributed by atoms with Crippen LogP contribution in [0.2, 0.25) is 0 Å². The fraction of sp³-hybridized carbons (Fsp3) is 0.600. The summed E-state index contributed by atoms with van der Waals surface area (Å²) < 4.78 is 5.30. The summed E-state index contributed by atoms with van der Waals surface area (Å²) in [6.45, 7) is 1.07. The first-order valence-electron chi connectivity index (χ1n) is 6.77. The molecule has 100 valence electrons. The smallest absolute Gasteiger partial charge is 0.0821 e. The Morgan fingerprint density at radius 2 is 2.06 bits per heavy atom. The summed E-state index contributed by atoms with van der Waals surface area (Å²) in [6.07, 6.45) is 3.70. The number of hydrogen-bond donors (Lipinski definition) is 2. The summed E-state index contributed by atoms with van der Waals surface area (Å²) in [4.78, 5) is 0. The van der Waals surface area contributed by atoms with Gasteiger partial charge in [0.05, 0.1) is 19.3 Å². The average Bonchev–Trinajstić information content (AvgIpc) is 2.56. The molecule has 3 nitrogen and oxygen atoms in total. The third kappa shape index (κ3) is 3.31. The molecule has 0 radical (unpaired) electrons. The van der Waals surface area contributed by atoms with Crippen molar-refractivity contribution in [3.05, 3.63) is 35.4 Å². The second-order valence-electron chi connectivity index (χ2n) is 4.92. The van der Waals surface area contributed by atoms with Crippen LogP contribution in [0, 0.1) is 5.92 Å². The Bertz CT molecular complexity index is 365. The number of rotatable bonds is 5. The van der Waals surface area contributed by atoms with Crippen molar-refractivity contribution in [3.63, 3.8) is 0 Å². The molecular formula is C15H22O3. The van der Waals surface area contributed by atoms with Crippen LogP contribution in [0.15, 0.2) is 24.3 Å². The van der Waals surface area contributed by atoms with E-state index in [1.54, 1.807) is 0 Å². The molecule has 1 aliphatic carbocycles. The maximum atomic E-state index is 10.5. The van der Waals surface area contributed by atoms with Crippen molar-refractivity contribution in [2.75, 3.05) is 19.8 Å². The van der Waals surface area contributed by atoms with Crippen LogP contribution >= 0.6 is 0 Å². The lowest BCUT2D eigenvalue weighted by molar-refractivity contribution is 0.0495. The largest absolute Gasteiger partial charge is 0.394 e. The standard InChI is InChI=1S/C15H22O3/c16-9-11-18-10-8-13-6-3-5-12-4-1-2-7-14(12)15(13)17/h1-2,4,7,13,15-17H,3,5-6,8-11H2. The van der Waals surface area contributed by atoms with Crippen LogP contribution in [0.1, 0.15) is 36.5 Å². The number of aliphatic hydroxyl groups excluding tert-OH is 2. The summed E-state index contributed by atoms with van der Waals surface area (Å²) in [5.41, 5.74) is 2.37. The van der Waals surface area contributed by atoms with Gasteiger partial charge in [-0.25, -0.2) is 0 Å². The van der Waals surface area contributed by atoms with Crippen molar-refractivity contribution >= 4 is 0 Å². The molecule has 0 aromatic heterocycles. The normalized spacial score (nSPS) is 23.4. The van der Waals surface area contributed by atoms with Gasteiger partial charge in [0.1, 0.15) is 0 Å². The van der Waals surface area contributed by atoms with Crippen LogP contribution in [0.4, 0.5) is 0 Å². The van der Waals surface area contributed by atoms with E-state index in [4.69, 9.17) is 9.84 Å². The van der Waals surface area contributed by atoms with E-state index in [0.717, 1.165) is 31.2 Å². The molecule has 2 rings (SSSR count). The molecule has 0 bridgehead atoms. The predicted octanol–water partition coefficient (Wildman–Crippen LogP) is 2.07. The molecule has 1 aromatic rings. The molecule has 1 aromatic carbocycles. The second kappa shape index (κ2) is 6.88. The van der Waals surface area contributed by atoms with Gasteiger partial charge in [-0.3, -0.25) is 0 Å². The minimum atomic E-state index is -0.374. The first-order valence-corrected chi connectivity index (χ1v) is 6.77. The van der Waals surface area contributed by atoms with Gasteiger partial charge in [0.2, 0.25) is 0 Å². The van der Waals surface area contributed by atoms with E-state index in [-0.39, 0.29) is 18.6 Å². The quantitative estimate of drug-likeness (QED) is 0.621. The first kappa shape index (κ1) is 13.5. The molecule has 0 amide bonds. The Morgan fingerprint density at radius 3 is 2.89 bits per heavy atom. The van der Waals surface area contributed by atoms with E-state index in [1.807, 2.05) is 18.2 Å². The van der Waals surface area contributed by atoms with E-state index in [2.05, 4.69) is 6.07 Å². The molecule has 18 heavy (non-hydrogen) atoms. The molecule has 3 heteroatoms. The van der Waals surface area contributed by atoms with Gasteiger partial charge in [-0.15, -0.1) is 0 Å². The zero-order valence-corrected chi connectivity index (χ0v) is 10.7. The fourth-order valence-corrected chi connectivity index (χ4v) is 2.72. The highest BCUT2D eigenvalue weighted by atomic mass is 16.5. The van der Waals surface area contributed by atoms with Gasteiger partial charge < -0.3 is 14.9 Å². The maximum absolute atomic E-state index is 10.5. The van der Waals surface area contributed by atoms with Crippen LogP contribution in [-0.2, 0) is 11.2 Å². The van der Waals surface area contributed by atoms with Gasteiger partial charge in [0.15, 0.2) is 0 Å².